The number of nitrogens with zero attached hydrogens (tertiary/aromatic N) is 2. The first kappa shape index (κ1) is 35.4. The van der Waals surface area contributed by atoms with E-state index in [0.717, 1.165) is 5.56 Å². The molecule has 4 rings (SSSR count). The monoisotopic (exact) mass is 655 g/mol. The van der Waals surface area contributed by atoms with E-state index in [2.05, 4.69) is 20.9 Å². The first-order valence-corrected chi connectivity index (χ1v) is 15.4. The molecule has 0 aliphatic carbocycles. The van der Waals surface area contributed by atoms with Crippen molar-refractivity contribution in [3.63, 3.8) is 0 Å². The van der Waals surface area contributed by atoms with Gasteiger partial charge in [0.25, 0.3) is 5.91 Å². The highest BCUT2D eigenvalue weighted by molar-refractivity contribution is 5.98. The van der Waals surface area contributed by atoms with Crippen LogP contribution in [0.5, 0.6) is 5.75 Å². The Morgan fingerprint density at radius 2 is 1.44 bits per heavy atom. The SMILES string of the molecule is CC(C)(C)OC(=O)NC(C)(C)C(=O)NC(COCc1ccccc1)C(=O)Nc1cn(C(C(=O)Oc2ccccc2)c2ccccc2)cn1. The standard InChI is InChI=1S/C36H41N5O7/c1-35(2,3)48-34(45)40-36(4,5)33(44)38-28(23-46-22-25-15-9-6-10-16-25)31(42)39-29-21-41(24-37-29)30(26-17-11-7-12-18-26)32(43)47-27-19-13-8-14-20-27/h6-21,24,28,30H,22-23H2,1-5H3,(H,38,44)(H,39,42)(H,40,45). The highest BCUT2D eigenvalue weighted by Gasteiger charge is 2.35. The van der Waals surface area contributed by atoms with Crippen LogP contribution in [0.3, 0.4) is 0 Å². The number of amides is 3. The van der Waals surface area contributed by atoms with Gasteiger partial charge in [0.1, 0.15) is 22.9 Å². The number of alkyl carbamates (subject to hydrolysis) is 1. The number of esters is 1. The van der Waals surface area contributed by atoms with Crippen LogP contribution in [0.1, 0.15) is 51.8 Å². The number of nitrogens with one attached hydrogen (secondary N) is 3. The number of carbonyl (C=O) groups is 4. The van der Waals surface area contributed by atoms with Crippen molar-refractivity contribution in [2.24, 2.45) is 0 Å². The lowest BCUT2D eigenvalue weighted by Gasteiger charge is -2.29. The minimum Gasteiger partial charge on any atom is -0.444 e. The minimum absolute atomic E-state index is 0.127. The molecule has 3 N–H and O–H groups in total. The molecule has 0 aliphatic heterocycles. The van der Waals surface area contributed by atoms with Crippen LogP contribution < -0.4 is 20.7 Å². The third-order valence-electron chi connectivity index (χ3n) is 6.85. The third-order valence-corrected chi connectivity index (χ3v) is 6.85. The van der Waals surface area contributed by atoms with Gasteiger partial charge in [0, 0.05) is 6.20 Å². The molecule has 3 aromatic carbocycles. The van der Waals surface area contributed by atoms with Crippen LogP contribution in [0, 0.1) is 0 Å². The smallest absolute Gasteiger partial charge is 0.408 e. The van der Waals surface area contributed by atoms with Gasteiger partial charge in [0.2, 0.25) is 5.91 Å². The Morgan fingerprint density at radius 1 is 0.833 bits per heavy atom. The third kappa shape index (κ3) is 10.5. The number of aromatic nitrogens is 2. The van der Waals surface area contributed by atoms with E-state index in [-0.39, 0.29) is 19.0 Å². The molecule has 0 fully saturated rings. The van der Waals surface area contributed by atoms with Gasteiger partial charge < -0.3 is 34.7 Å². The molecule has 252 valence electrons. The van der Waals surface area contributed by atoms with Crippen LogP contribution in [0.15, 0.2) is 104 Å². The van der Waals surface area contributed by atoms with Gasteiger partial charge in [-0.05, 0) is 57.9 Å². The van der Waals surface area contributed by atoms with Crippen molar-refractivity contribution < 1.29 is 33.4 Å². The van der Waals surface area contributed by atoms with E-state index in [9.17, 15) is 19.2 Å². The molecule has 2 atom stereocenters. The summed E-state index contributed by atoms with van der Waals surface area (Å²) in [6.07, 6.45) is 2.13. The van der Waals surface area contributed by atoms with Crippen molar-refractivity contribution in [3.05, 3.63) is 115 Å². The topological polar surface area (TPSA) is 150 Å². The van der Waals surface area contributed by atoms with Crippen LogP contribution in [-0.4, -0.2) is 57.2 Å². The van der Waals surface area contributed by atoms with Crippen LogP contribution in [-0.2, 0) is 30.5 Å². The molecule has 0 saturated heterocycles. The molecule has 0 bridgehead atoms. The lowest BCUT2D eigenvalue weighted by atomic mass is 10.0. The molecule has 12 heteroatoms. The average molecular weight is 656 g/mol. The summed E-state index contributed by atoms with van der Waals surface area (Å²) in [4.78, 5) is 57.1. The minimum atomic E-state index is -1.44. The van der Waals surface area contributed by atoms with E-state index in [1.54, 1.807) is 69.3 Å². The number of hydrogen-bond donors (Lipinski definition) is 3. The van der Waals surface area contributed by atoms with Crippen molar-refractivity contribution in [2.45, 2.75) is 64.4 Å². The highest BCUT2D eigenvalue weighted by Crippen LogP contribution is 2.23. The zero-order chi connectivity index (χ0) is 34.7. The molecule has 0 spiro atoms. The zero-order valence-electron chi connectivity index (χ0n) is 27.6. The second-order valence-electron chi connectivity index (χ2n) is 12.5. The molecular formula is C36H41N5O7. The molecule has 0 aliphatic rings. The Morgan fingerprint density at radius 3 is 2.06 bits per heavy atom. The fourth-order valence-corrected chi connectivity index (χ4v) is 4.49. The fourth-order valence-electron chi connectivity index (χ4n) is 4.49. The Bertz CT molecular complexity index is 1670. The maximum Gasteiger partial charge on any atom is 0.408 e. The number of imidazole rings is 1. The Labute approximate surface area is 279 Å². The molecule has 48 heavy (non-hydrogen) atoms. The van der Waals surface area contributed by atoms with Gasteiger partial charge in [-0.1, -0.05) is 78.9 Å². The second kappa shape index (κ2) is 15.9. The summed E-state index contributed by atoms with van der Waals surface area (Å²) in [5.74, 6) is -1.31. The fraction of sp³-hybridized carbons (Fsp3) is 0.306. The van der Waals surface area contributed by atoms with E-state index in [1.165, 1.54) is 30.9 Å². The van der Waals surface area contributed by atoms with Crippen molar-refractivity contribution >= 4 is 29.7 Å². The molecule has 3 amide bonds. The summed E-state index contributed by atoms with van der Waals surface area (Å²) in [5.41, 5.74) is -0.689. The number of ether oxygens (including phenoxy) is 3. The van der Waals surface area contributed by atoms with Gasteiger partial charge in [-0.25, -0.2) is 14.6 Å². The average Bonchev–Trinajstić information content (AvgIpc) is 3.48. The van der Waals surface area contributed by atoms with Crippen molar-refractivity contribution in [2.75, 3.05) is 11.9 Å². The largest absolute Gasteiger partial charge is 0.444 e. The van der Waals surface area contributed by atoms with Crippen LogP contribution in [0.2, 0.25) is 0 Å². The van der Waals surface area contributed by atoms with E-state index in [4.69, 9.17) is 14.2 Å². The lowest BCUT2D eigenvalue weighted by Crippen LogP contribution is -2.59. The summed E-state index contributed by atoms with van der Waals surface area (Å²) in [6.45, 7) is 8.11. The number of carbonyl (C=O) groups excluding carboxylic acids is 4. The predicted octanol–water partition coefficient (Wildman–Crippen LogP) is 5.02. The van der Waals surface area contributed by atoms with E-state index < -0.39 is 47.1 Å². The van der Waals surface area contributed by atoms with Crippen molar-refractivity contribution in [3.8, 4) is 5.75 Å². The van der Waals surface area contributed by atoms with Crippen molar-refractivity contribution in [1.29, 1.82) is 0 Å². The van der Waals surface area contributed by atoms with E-state index >= 15 is 0 Å². The van der Waals surface area contributed by atoms with E-state index in [1.807, 2.05) is 42.5 Å². The molecule has 1 aromatic heterocycles. The summed E-state index contributed by atoms with van der Waals surface area (Å²) in [7, 11) is 0. The number of benzene rings is 3. The quantitative estimate of drug-likeness (QED) is 0.134. The zero-order valence-corrected chi connectivity index (χ0v) is 27.6. The normalized spacial score (nSPS) is 12.7. The Balaban J connectivity index is 1.51. The number of hydrogen-bond acceptors (Lipinski definition) is 8. The van der Waals surface area contributed by atoms with Gasteiger partial charge in [-0.15, -0.1) is 0 Å². The summed E-state index contributed by atoms with van der Waals surface area (Å²) in [6, 6.07) is 25.0. The highest BCUT2D eigenvalue weighted by atomic mass is 16.6. The first-order chi connectivity index (χ1) is 22.8. The number of rotatable bonds is 13. The lowest BCUT2D eigenvalue weighted by molar-refractivity contribution is -0.136. The van der Waals surface area contributed by atoms with Crippen molar-refractivity contribution in [1.82, 2.24) is 20.2 Å². The van der Waals surface area contributed by atoms with Crippen LogP contribution >= 0.6 is 0 Å². The molecule has 12 nitrogen and oxygen atoms in total. The van der Waals surface area contributed by atoms with Gasteiger partial charge in [0.15, 0.2) is 11.9 Å². The Kier molecular flexibility index (Phi) is 11.7. The first-order valence-electron chi connectivity index (χ1n) is 15.4. The van der Waals surface area contributed by atoms with E-state index in [0.29, 0.717) is 11.3 Å². The van der Waals surface area contributed by atoms with Gasteiger partial charge in [0.05, 0.1) is 19.5 Å². The molecule has 4 aromatic rings. The molecule has 2 unspecified atom stereocenters. The number of para-hydroxylation sites is 1. The molecular weight excluding hydrogens is 614 g/mol. The Hall–Kier alpha value is -5.49. The molecule has 0 saturated carbocycles. The summed E-state index contributed by atoms with van der Waals surface area (Å²) in [5, 5.41) is 7.93. The number of anilines is 1. The maximum atomic E-state index is 13.6. The maximum absolute atomic E-state index is 13.6. The van der Waals surface area contributed by atoms with Gasteiger partial charge in [-0.2, -0.15) is 0 Å². The predicted molar refractivity (Wildman–Crippen MR) is 179 cm³/mol. The van der Waals surface area contributed by atoms with Gasteiger partial charge in [-0.3, -0.25) is 9.59 Å². The molecule has 1 heterocycles. The second-order valence-corrected chi connectivity index (χ2v) is 12.5. The van der Waals surface area contributed by atoms with Gasteiger partial charge >= 0.3 is 12.1 Å². The summed E-state index contributed by atoms with van der Waals surface area (Å²) >= 11 is 0. The van der Waals surface area contributed by atoms with Crippen LogP contribution in [0.25, 0.3) is 0 Å². The molecule has 0 radical (unpaired) electrons. The summed E-state index contributed by atoms with van der Waals surface area (Å²) < 4.78 is 18.3. The van der Waals surface area contributed by atoms with Crippen LogP contribution in [0.4, 0.5) is 10.6 Å².